The number of halogens is 1. The number of benzene rings is 1. The highest BCUT2D eigenvalue weighted by Crippen LogP contribution is 2.23. The number of nitrogens with one attached hydrogen (secondary N) is 3. The van der Waals surface area contributed by atoms with Gasteiger partial charge in [-0.3, -0.25) is 15.6 Å². The Labute approximate surface area is 140 Å². The van der Waals surface area contributed by atoms with E-state index < -0.39 is 0 Å². The molecule has 5 nitrogen and oxygen atoms in total. The molecule has 126 valence electrons. The van der Waals surface area contributed by atoms with Gasteiger partial charge in [0.25, 0.3) is 5.91 Å². The zero-order valence-electron chi connectivity index (χ0n) is 13.1. The Hall–Kier alpha value is -1.89. The molecule has 0 aromatic heterocycles. The summed E-state index contributed by atoms with van der Waals surface area (Å²) in [6, 6.07) is 5.82. The van der Waals surface area contributed by atoms with Gasteiger partial charge >= 0.3 is 0 Å². The van der Waals surface area contributed by atoms with Gasteiger partial charge in [-0.2, -0.15) is 0 Å². The Balaban J connectivity index is 1.65. The number of carbonyl (C=O) groups excluding carboxylic acids is 1. The van der Waals surface area contributed by atoms with Gasteiger partial charge in [-0.05, 0) is 55.2 Å². The fraction of sp³-hybridized carbons (Fsp3) is 0.500. The zero-order valence-corrected chi connectivity index (χ0v) is 13.9. The molecule has 0 radical (unpaired) electrons. The topological polar surface area (TPSA) is 62.4 Å². The smallest absolute Gasteiger partial charge is 0.276 e. The van der Waals surface area contributed by atoms with Gasteiger partial charge in [-0.15, -0.1) is 0 Å². The van der Waals surface area contributed by atoms with Crippen LogP contribution in [0, 0.1) is 11.7 Å². The van der Waals surface area contributed by atoms with Crippen LogP contribution in [0.3, 0.4) is 0 Å². The van der Waals surface area contributed by atoms with Crippen molar-refractivity contribution in [3.05, 3.63) is 30.1 Å². The van der Waals surface area contributed by atoms with Crippen LogP contribution in [0.4, 0.5) is 4.39 Å². The molecular formula is C16H22FN3O2S. The summed E-state index contributed by atoms with van der Waals surface area (Å²) in [5.74, 6) is 0.284. The summed E-state index contributed by atoms with van der Waals surface area (Å²) in [6.07, 6.45) is 4.74. The molecule has 2 rings (SSSR count). The molecule has 2 atom stereocenters. The van der Waals surface area contributed by atoms with Crippen LogP contribution in [-0.2, 0) is 4.79 Å². The highest BCUT2D eigenvalue weighted by Gasteiger charge is 2.21. The van der Waals surface area contributed by atoms with Crippen LogP contribution in [0.1, 0.15) is 32.6 Å². The standard InChI is InChI=1S/C16H22FN3O2S/c1-11-4-2-3-5-14(11)18-16(23)20-19-15(21)10-22-13-8-6-12(17)7-9-13/h6-9,11,14H,2-5,10H2,1H3,(H,19,21)(H2,18,20,23)/t11-,14-/m0/s1. The minimum atomic E-state index is -0.366. The van der Waals surface area contributed by atoms with Crippen LogP contribution in [0.5, 0.6) is 5.75 Å². The molecule has 1 aromatic rings. The number of rotatable bonds is 4. The molecule has 0 unspecified atom stereocenters. The van der Waals surface area contributed by atoms with Crippen LogP contribution in [0.25, 0.3) is 0 Å². The van der Waals surface area contributed by atoms with Crippen molar-refractivity contribution in [3.8, 4) is 5.75 Å². The Bertz CT molecular complexity index is 539. The van der Waals surface area contributed by atoms with E-state index in [0.29, 0.717) is 22.8 Å². The first-order valence-corrected chi connectivity index (χ1v) is 8.19. The molecule has 1 saturated carbocycles. The van der Waals surface area contributed by atoms with E-state index in [1.807, 2.05) is 0 Å². The monoisotopic (exact) mass is 339 g/mol. The third-order valence-corrected chi connectivity index (χ3v) is 4.15. The van der Waals surface area contributed by atoms with Gasteiger partial charge in [-0.25, -0.2) is 4.39 Å². The lowest BCUT2D eigenvalue weighted by atomic mass is 9.86. The van der Waals surface area contributed by atoms with Crippen molar-refractivity contribution < 1.29 is 13.9 Å². The third-order valence-electron chi connectivity index (χ3n) is 3.93. The van der Waals surface area contributed by atoms with Gasteiger partial charge in [0, 0.05) is 6.04 Å². The van der Waals surface area contributed by atoms with Gasteiger partial charge in [0.15, 0.2) is 11.7 Å². The molecule has 0 aliphatic heterocycles. The number of hydrogen-bond acceptors (Lipinski definition) is 3. The molecule has 1 fully saturated rings. The number of thiocarbonyl (C=S) groups is 1. The van der Waals surface area contributed by atoms with Gasteiger partial charge < -0.3 is 10.1 Å². The van der Waals surface area contributed by atoms with Crippen molar-refractivity contribution in [3.63, 3.8) is 0 Å². The maximum Gasteiger partial charge on any atom is 0.276 e. The average Bonchev–Trinajstić information content (AvgIpc) is 2.54. The minimum absolute atomic E-state index is 0.179. The highest BCUT2D eigenvalue weighted by molar-refractivity contribution is 7.80. The van der Waals surface area contributed by atoms with Crippen LogP contribution in [0.2, 0.25) is 0 Å². The molecule has 1 amide bonds. The quantitative estimate of drug-likeness (QED) is 0.580. The normalized spacial score (nSPS) is 20.4. The number of carbonyl (C=O) groups is 1. The van der Waals surface area contributed by atoms with E-state index in [0.717, 1.165) is 6.42 Å². The SMILES string of the molecule is C[C@H]1CCCC[C@@H]1NC(=S)NNC(=O)COc1ccc(F)cc1. The third kappa shape index (κ3) is 6.02. The number of ether oxygens (including phenoxy) is 1. The van der Waals surface area contributed by atoms with E-state index in [1.54, 1.807) is 0 Å². The molecule has 3 N–H and O–H groups in total. The summed E-state index contributed by atoms with van der Waals surface area (Å²) in [5.41, 5.74) is 5.15. The molecule has 0 spiro atoms. The van der Waals surface area contributed by atoms with Crippen molar-refractivity contribution in [2.45, 2.75) is 38.6 Å². The molecule has 23 heavy (non-hydrogen) atoms. The van der Waals surface area contributed by atoms with E-state index in [2.05, 4.69) is 23.1 Å². The van der Waals surface area contributed by atoms with Crippen LogP contribution in [0.15, 0.2) is 24.3 Å². The average molecular weight is 339 g/mol. The van der Waals surface area contributed by atoms with E-state index in [4.69, 9.17) is 17.0 Å². The lowest BCUT2D eigenvalue weighted by Gasteiger charge is -2.30. The van der Waals surface area contributed by atoms with Crippen molar-refractivity contribution in [1.82, 2.24) is 16.2 Å². The summed E-state index contributed by atoms with van der Waals surface area (Å²) in [6.45, 7) is 2.02. The highest BCUT2D eigenvalue weighted by atomic mass is 32.1. The number of hydrogen-bond donors (Lipinski definition) is 3. The van der Waals surface area contributed by atoms with Gasteiger partial charge in [0.05, 0.1) is 0 Å². The zero-order chi connectivity index (χ0) is 16.7. The number of hydrazine groups is 1. The Morgan fingerprint density at radius 3 is 2.65 bits per heavy atom. The Kier molecular flexibility index (Phi) is 6.58. The second-order valence-corrected chi connectivity index (χ2v) is 6.17. The minimum Gasteiger partial charge on any atom is -0.484 e. The number of amides is 1. The van der Waals surface area contributed by atoms with Crippen LogP contribution < -0.4 is 20.9 Å². The summed E-state index contributed by atoms with van der Waals surface area (Å²) in [7, 11) is 0. The van der Waals surface area contributed by atoms with E-state index in [-0.39, 0.29) is 18.3 Å². The fourth-order valence-electron chi connectivity index (χ4n) is 2.58. The lowest BCUT2D eigenvalue weighted by molar-refractivity contribution is -0.123. The van der Waals surface area contributed by atoms with Crippen LogP contribution >= 0.6 is 12.2 Å². The van der Waals surface area contributed by atoms with Crippen molar-refractivity contribution in [2.24, 2.45) is 5.92 Å². The molecule has 1 aliphatic carbocycles. The lowest BCUT2D eigenvalue weighted by Crippen LogP contribution is -2.52. The van der Waals surface area contributed by atoms with Gasteiger partial charge in [0.1, 0.15) is 11.6 Å². The van der Waals surface area contributed by atoms with Gasteiger partial charge in [0.2, 0.25) is 0 Å². The Morgan fingerprint density at radius 1 is 1.26 bits per heavy atom. The van der Waals surface area contributed by atoms with Crippen molar-refractivity contribution in [1.29, 1.82) is 0 Å². The van der Waals surface area contributed by atoms with E-state index in [1.165, 1.54) is 43.5 Å². The molecular weight excluding hydrogens is 317 g/mol. The Morgan fingerprint density at radius 2 is 1.96 bits per heavy atom. The largest absolute Gasteiger partial charge is 0.484 e. The predicted octanol–water partition coefficient (Wildman–Crippen LogP) is 2.28. The maximum absolute atomic E-state index is 12.7. The second kappa shape index (κ2) is 8.67. The first-order valence-electron chi connectivity index (χ1n) is 7.78. The summed E-state index contributed by atoms with van der Waals surface area (Å²) in [5, 5.41) is 3.63. The molecule has 1 aliphatic rings. The van der Waals surface area contributed by atoms with Crippen LogP contribution in [-0.4, -0.2) is 23.7 Å². The molecule has 0 bridgehead atoms. The molecule has 7 heteroatoms. The van der Waals surface area contributed by atoms with Gasteiger partial charge in [-0.1, -0.05) is 19.8 Å². The first kappa shape index (κ1) is 17.5. The molecule has 0 heterocycles. The molecule has 0 saturated heterocycles. The summed E-state index contributed by atoms with van der Waals surface area (Å²) in [4.78, 5) is 11.7. The fourth-order valence-corrected chi connectivity index (χ4v) is 2.78. The van der Waals surface area contributed by atoms with E-state index >= 15 is 0 Å². The first-order chi connectivity index (χ1) is 11.0. The van der Waals surface area contributed by atoms with Crippen molar-refractivity contribution >= 4 is 23.2 Å². The van der Waals surface area contributed by atoms with Crippen molar-refractivity contribution in [2.75, 3.05) is 6.61 Å². The summed E-state index contributed by atoms with van der Waals surface area (Å²) < 4.78 is 18.0. The predicted molar refractivity (Wildman–Crippen MR) is 90.3 cm³/mol. The summed E-state index contributed by atoms with van der Waals surface area (Å²) >= 11 is 5.18. The van der Waals surface area contributed by atoms with E-state index in [9.17, 15) is 9.18 Å². The molecule has 1 aromatic carbocycles. The second-order valence-electron chi connectivity index (χ2n) is 5.76. The maximum atomic E-state index is 12.7.